The largest absolute Gasteiger partial charge is 0.294 e. The average Bonchev–Trinajstić information content (AvgIpc) is 3.56. The zero-order chi connectivity index (χ0) is 24.2. The van der Waals surface area contributed by atoms with Crippen molar-refractivity contribution in [2.45, 2.75) is 43.8 Å². The molecular weight excluding hydrogens is 463 g/mol. The Morgan fingerprint density at radius 1 is 1.00 bits per heavy atom. The molecule has 0 spiro atoms. The molecule has 1 atom stereocenters. The number of amides is 1. The third-order valence-electron chi connectivity index (χ3n) is 6.58. The Bertz CT molecular complexity index is 1190. The third kappa shape index (κ3) is 5.31. The standard InChI is InChI=1S/C26H29FN6OS/c1-19(31-15-6-3-7-16-31)25-28-29-26(33(25)22-12-10-21(27)11-13-22)35-18-24(34)32-17-14-23(30-32)20-8-4-2-5-9-20/h2,4-5,8-13,19H,3,6-7,14-18H2,1H3/t19-/m1/s1. The van der Waals surface area contributed by atoms with Crippen LogP contribution in [0.25, 0.3) is 5.69 Å². The zero-order valence-electron chi connectivity index (χ0n) is 19.8. The van der Waals surface area contributed by atoms with Gasteiger partial charge in [-0.1, -0.05) is 48.5 Å². The fraction of sp³-hybridized carbons (Fsp3) is 0.385. The van der Waals surface area contributed by atoms with E-state index in [2.05, 4.69) is 27.1 Å². The quantitative estimate of drug-likeness (QED) is 0.448. The molecule has 0 saturated carbocycles. The lowest BCUT2D eigenvalue weighted by molar-refractivity contribution is -0.127. The number of rotatable bonds is 7. The minimum absolute atomic E-state index is 0.0644. The number of halogens is 1. The number of hydrogen-bond donors (Lipinski definition) is 0. The summed E-state index contributed by atoms with van der Waals surface area (Å²) in [5, 5.41) is 15.7. The molecule has 0 aliphatic carbocycles. The highest BCUT2D eigenvalue weighted by Gasteiger charge is 2.27. The van der Waals surface area contributed by atoms with E-state index in [0.29, 0.717) is 11.7 Å². The van der Waals surface area contributed by atoms with Gasteiger partial charge in [-0.05, 0) is 62.7 Å². The van der Waals surface area contributed by atoms with Crippen molar-refractivity contribution >= 4 is 23.4 Å². The van der Waals surface area contributed by atoms with Gasteiger partial charge in [0.25, 0.3) is 5.91 Å². The average molecular weight is 493 g/mol. The van der Waals surface area contributed by atoms with E-state index in [1.807, 2.05) is 34.9 Å². The number of nitrogens with zero attached hydrogens (tertiary/aromatic N) is 6. The number of hydrogen-bond acceptors (Lipinski definition) is 6. The molecule has 182 valence electrons. The Labute approximate surface area is 209 Å². The van der Waals surface area contributed by atoms with E-state index in [-0.39, 0.29) is 23.5 Å². The van der Waals surface area contributed by atoms with Gasteiger partial charge in [-0.3, -0.25) is 14.3 Å². The number of likely N-dealkylation sites (tertiary alicyclic amines) is 1. The summed E-state index contributed by atoms with van der Waals surface area (Å²) in [5.74, 6) is 0.639. The summed E-state index contributed by atoms with van der Waals surface area (Å²) in [6, 6.07) is 16.3. The molecule has 1 aromatic heterocycles. The predicted molar refractivity (Wildman–Crippen MR) is 135 cm³/mol. The number of carbonyl (C=O) groups excluding carboxylic acids is 1. The molecule has 1 amide bonds. The number of piperidine rings is 1. The van der Waals surface area contributed by atoms with Crippen molar-refractivity contribution in [1.29, 1.82) is 0 Å². The maximum atomic E-state index is 13.6. The maximum absolute atomic E-state index is 13.6. The van der Waals surface area contributed by atoms with Crippen LogP contribution in [0.3, 0.4) is 0 Å². The summed E-state index contributed by atoms with van der Waals surface area (Å²) >= 11 is 1.34. The van der Waals surface area contributed by atoms with Crippen LogP contribution in [0, 0.1) is 5.82 Å². The molecule has 0 N–H and O–H groups in total. The van der Waals surface area contributed by atoms with Gasteiger partial charge >= 0.3 is 0 Å². The maximum Gasteiger partial charge on any atom is 0.253 e. The summed E-state index contributed by atoms with van der Waals surface area (Å²) in [6.07, 6.45) is 4.34. The summed E-state index contributed by atoms with van der Waals surface area (Å²) in [7, 11) is 0. The van der Waals surface area contributed by atoms with E-state index >= 15 is 0 Å². The Morgan fingerprint density at radius 3 is 2.49 bits per heavy atom. The molecule has 5 rings (SSSR count). The van der Waals surface area contributed by atoms with Gasteiger partial charge in [0.15, 0.2) is 11.0 Å². The smallest absolute Gasteiger partial charge is 0.253 e. The molecule has 1 fully saturated rings. The van der Waals surface area contributed by atoms with Crippen LogP contribution in [0.15, 0.2) is 64.9 Å². The molecule has 0 bridgehead atoms. The van der Waals surface area contributed by atoms with Gasteiger partial charge in [-0.2, -0.15) is 5.10 Å². The molecule has 2 aliphatic rings. The number of aromatic nitrogens is 3. The van der Waals surface area contributed by atoms with Crippen LogP contribution < -0.4 is 0 Å². The van der Waals surface area contributed by atoms with Crippen LogP contribution in [0.5, 0.6) is 0 Å². The molecule has 3 heterocycles. The second kappa shape index (κ2) is 10.7. The van der Waals surface area contributed by atoms with Gasteiger partial charge in [0, 0.05) is 12.1 Å². The van der Waals surface area contributed by atoms with Crippen molar-refractivity contribution in [3.05, 3.63) is 71.8 Å². The summed E-state index contributed by atoms with van der Waals surface area (Å²) in [5.41, 5.74) is 2.76. The molecule has 0 unspecified atom stereocenters. The summed E-state index contributed by atoms with van der Waals surface area (Å²) in [4.78, 5) is 15.4. The van der Waals surface area contributed by atoms with E-state index < -0.39 is 0 Å². The van der Waals surface area contributed by atoms with Crippen LogP contribution >= 0.6 is 11.8 Å². The zero-order valence-corrected chi connectivity index (χ0v) is 20.6. The molecule has 0 radical (unpaired) electrons. The van der Waals surface area contributed by atoms with Crippen molar-refractivity contribution < 1.29 is 9.18 Å². The molecule has 2 aromatic carbocycles. The van der Waals surface area contributed by atoms with Crippen LogP contribution in [0.4, 0.5) is 4.39 Å². The lowest BCUT2D eigenvalue weighted by atomic mass is 10.1. The molecule has 2 aliphatic heterocycles. The highest BCUT2D eigenvalue weighted by molar-refractivity contribution is 7.99. The van der Waals surface area contributed by atoms with Crippen LogP contribution in [0.1, 0.15) is 50.0 Å². The van der Waals surface area contributed by atoms with Gasteiger partial charge < -0.3 is 0 Å². The van der Waals surface area contributed by atoms with Crippen molar-refractivity contribution in [1.82, 2.24) is 24.7 Å². The Balaban J connectivity index is 1.34. The first kappa shape index (κ1) is 23.7. The number of carbonyl (C=O) groups is 1. The predicted octanol–water partition coefficient (Wildman–Crippen LogP) is 4.68. The van der Waals surface area contributed by atoms with Crippen molar-refractivity contribution in [3.63, 3.8) is 0 Å². The van der Waals surface area contributed by atoms with Crippen molar-refractivity contribution in [2.75, 3.05) is 25.4 Å². The van der Waals surface area contributed by atoms with Gasteiger partial charge in [-0.25, -0.2) is 9.40 Å². The van der Waals surface area contributed by atoms with E-state index in [0.717, 1.165) is 42.3 Å². The van der Waals surface area contributed by atoms with Gasteiger partial charge in [0.05, 0.1) is 24.1 Å². The van der Waals surface area contributed by atoms with Crippen LogP contribution in [0.2, 0.25) is 0 Å². The second-order valence-electron chi connectivity index (χ2n) is 8.89. The topological polar surface area (TPSA) is 66.6 Å². The Kier molecular flexibility index (Phi) is 7.24. The lowest BCUT2D eigenvalue weighted by Gasteiger charge is -2.31. The van der Waals surface area contributed by atoms with Gasteiger partial charge in [0.1, 0.15) is 5.82 Å². The SMILES string of the molecule is C[C@H](c1nnc(SCC(=O)N2CCC(c3ccccc3)=N2)n1-c1ccc(F)cc1)N1CCCCC1. The Morgan fingerprint density at radius 2 is 1.74 bits per heavy atom. The first-order chi connectivity index (χ1) is 17.1. The fourth-order valence-electron chi connectivity index (χ4n) is 4.62. The highest BCUT2D eigenvalue weighted by Crippen LogP contribution is 2.30. The van der Waals surface area contributed by atoms with E-state index in [1.165, 1.54) is 43.2 Å². The molecule has 1 saturated heterocycles. The summed E-state index contributed by atoms with van der Waals surface area (Å²) < 4.78 is 15.6. The Hall–Kier alpha value is -3.04. The number of hydrazone groups is 1. The minimum Gasteiger partial charge on any atom is -0.294 e. The highest BCUT2D eigenvalue weighted by atomic mass is 32.2. The van der Waals surface area contributed by atoms with E-state index in [9.17, 15) is 9.18 Å². The number of benzene rings is 2. The van der Waals surface area contributed by atoms with Crippen LogP contribution in [-0.4, -0.2) is 61.7 Å². The minimum atomic E-state index is -0.294. The summed E-state index contributed by atoms with van der Waals surface area (Å²) in [6.45, 7) is 4.76. The molecular formula is C26H29FN6OS. The van der Waals surface area contributed by atoms with E-state index in [1.54, 1.807) is 17.1 Å². The van der Waals surface area contributed by atoms with Gasteiger partial charge in [-0.15, -0.1) is 10.2 Å². The number of thioether (sulfide) groups is 1. The lowest BCUT2D eigenvalue weighted by Crippen LogP contribution is -2.33. The molecule has 3 aromatic rings. The fourth-order valence-corrected chi connectivity index (χ4v) is 5.45. The van der Waals surface area contributed by atoms with Crippen molar-refractivity contribution in [3.8, 4) is 5.69 Å². The normalized spacial score (nSPS) is 17.4. The first-order valence-electron chi connectivity index (χ1n) is 12.1. The van der Waals surface area contributed by atoms with Crippen LogP contribution in [-0.2, 0) is 4.79 Å². The van der Waals surface area contributed by atoms with Gasteiger partial charge in [0.2, 0.25) is 0 Å². The van der Waals surface area contributed by atoms with E-state index in [4.69, 9.17) is 0 Å². The van der Waals surface area contributed by atoms with Crippen molar-refractivity contribution in [2.24, 2.45) is 5.10 Å². The second-order valence-corrected chi connectivity index (χ2v) is 9.84. The monoisotopic (exact) mass is 492 g/mol. The third-order valence-corrected chi connectivity index (χ3v) is 7.49. The molecule has 9 heteroatoms. The first-order valence-corrected chi connectivity index (χ1v) is 13.1. The molecule has 35 heavy (non-hydrogen) atoms. The molecule has 7 nitrogen and oxygen atoms in total.